The Balaban J connectivity index is 1.52. The van der Waals surface area contributed by atoms with Crippen LogP contribution in [0.15, 0.2) is 88.8 Å². The van der Waals surface area contributed by atoms with Crippen molar-refractivity contribution in [2.24, 2.45) is 7.05 Å². The van der Waals surface area contributed by atoms with Gasteiger partial charge in [-0.2, -0.15) is 0 Å². The maximum atomic E-state index is 15.1. The van der Waals surface area contributed by atoms with Crippen molar-refractivity contribution in [3.05, 3.63) is 112 Å². The van der Waals surface area contributed by atoms with Crippen molar-refractivity contribution in [2.75, 3.05) is 0 Å². The third kappa shape index (κ3) is 4.15. The van der Waals surface area contributed by atoms with E-state index in [2.05, 4.69) is 9.97 Å². The summed E-state index contributed by atoms with van der Waals surface area (Å²) in [6.45, 7) is 1.95. The Bertz CT molecular complexity index is 1530. The van der Waals surface area contributed by atoms with Crippen LogP contribution in [-0.4, -0.2) is 19.1 Å². The van der Waals surface area contributed by atoms with Gasteiger partial charge in [-0.1, -0.05) is 60.7 Å². The molecule has 5 nitrogen and oxygen atoms in total. The first-order valence-electron chi connectivity index (χ1n) is 10.9. The van der Waals surface area contributed by atoms with Gasteiger partial charge in [0.1, 0.15) is 5.82 Å². The molecule has 0 amide bonds. The monoisotopic (exact) mass is 470 g/mol. The summed E-state index contributed by atoms with van der Waals surface area (Å²) >= 11 is 1.53. The van der Waals surface area contributed by atoms with Crippen LogP contribution in [0.5, 0.6) is 0 Å². The Morgan fingerprint density at radius 2 is 1.68 bits per heavy atom. The number of hydrogen-bond donors (Lipinski definition) is 0. The average Bonchev–Trinajstić information content (AvgIpc) is 3.10. The molecule has 0 unspecified atom stereocenters. The second-order valence-electron chi connectivity index (χ2n) is 8.12. The summed E-state index contributed by atoms with van der Waals surface area (Å²) in [5.41, 5.74) is 5.22. The molecule has 0 fully saturated rings. The van der Waals surface area contributed by atoms with E-state index in [1.54, 1.807) is 28.6 Å². The Labute approximate surface area is 200 Å². The molecule has 5 rings (SSSR count). The molecule has 3 aromatic heterocycles. The topological polar surface area (TPSA) is 52.7 Å². The molecule has 3 heterocycles. The van der Waals surface area contributed by atoms with Crippen molar-refractivity contribution in [1.29, 1.82) is 0 Å². The fourth-order valence-corrected chi connectivity index (χ4v) is 4.95. The molecule has 0 radical (unpaired) electrons. The zero-order valence-electron chi connectivity index (χ0n) is 18.9. The average molecular weight is 471 g/mol. The molecule has 0 aliphatic rings. The van der Waals surface area contributed by atoms with Crippen molar-refractivity contribution < 1.29 is 4.39 Å². The summed E-state index contributed by atoms with van der Waals surface area (Å²) in [6.07, 6.45) is 3.37. The summed E-state index contributed by atoms with van der Waals surface area (Å²) in [4.78, 5) is 22.8. The predicted molar refractivity (Wildman–Crippen MR) is 134 cm³/mol. The van der Waals surface area contributed by atoms with E-state index in [9.17, 15) is 4.79 Å². The number of benzene rings is 2. The van der Waals surface area contributed by atoms with E-state index in [1.807, 2.05) is 67.6 Å². The van der Waals surface area contributed by atoms with E-state index in [0.717, 1.165) is 38.5 Å². The Morgan fingerprint density at radius 1 is 0.971 bits per heavy atom. The van der Waals surface area contributed by atoms with Gasteiger partial charge in [0.25, 0.3) is 0 Å². The predicted octanol–water partition coefficient (Wildman–Crippen LogP) is 5.59. The molecule has 0 atom stereocenters. The van der Waals surface area contributed by atoms with Gasteiger partial charge in [-0.3, -0.25) is 19.1 Å². The second kappa shape index (κ2) is 9.27. The van der Waals surface area contributed by atoms with Crippen LogP contribution in [0.25, 0.3) is 22.2 Å². The van der Waals surface area contributed by atoms with Crippen molar-refractivity contribution in [2.45, 2.75) is 24.1 Å². The Morgan fingerprint density at radius 3 is 2.38 bits per heavy atom. The third-order valence-corrected chi connectivity index (χ3v) is 6.92. The van der Waals surface area contributed by atoms with E-state index in [0.29, 0.717) is 5.52 Å². The molecule has 170 valence electrons. The fraction of sp³-hybridized carbons (Fsp3) is 0.148. The van der Waals surface area contributed by atoms with Gasteiger partial charge in [0, 0.05) is 35.2 Å². The van der Waals surface area contributed by atoms with Gasteiger partial charge >= 0.3 is 5.69 Å². The highest BCUT2D eigenvalue weighted by Gasteiger charge is 2.20. The molecular weight excluding hydrogens is 447 g/mol. The first-order valence-corrected chi connectivity index (χ1v) is 11.9. The van der Waals surface area contributed by atoms with Crippen LogP contribution in [0.2, 0.25) is 0 Å². The third-order valence-electron chi connectivity index (χ3n) is 5.88. The highest BCUT2D eigenvalue weighted by Crippen LogP contribution is 2.31. The number of imidazole rings is 1. The van der Waals surface area contributed by atoms with E-state index < -0.39 is 5.82 Å². The quantitative estimate of drug-likeness (QED) is 0.304. The number of thioether (sulfide) groups is 1. The number of aromatic nitrogens is 4. The normalized spacial score (nSPS) is 11.3. The molecule has 0 bridgehead atoms. The minimum atomic E-state index is -0.422. The lowest BCUT2D eigenvalue weighted by molar-refractivity contribution is 0.579. The summed E-state index contributed by atoms with van der Waals surface area (Å²) in [5, 5.41) is 0. The largest absolute Gasteiger partial charge is 0.329 e. The second-order valence-corrected chi connectivity index (χ2v) is 9.17. The van der Waals surface area contributed by atoms with Crippen LogP contribution in [-0.2, 0) is 19.3 Å². The minimum absolute atomic E-state index is 0.0366. The Hall–Kier alpha value is -3.71. The number of nitrogens with zero attached hydrogens (tertiary/aromatic N) is 4. The van der Waals surface area contributed by atoms with E-state index in [1.165, 1.54) is 17.8 Å². The van der Waals surface area contributed by atoms with Crippen LogP contribution in [0, 0.1) is 12.7 Å². The van der Waals surface area contributed by atoms with E-state index >= 15 is 4.39 Å². The van der Waals surface area contributed by atoms with Crippen LogP contribution in [0.1, 0.15) is 17.0 Å². The van der Waals surface area contributed by atoms with Gasteiger partial charge in [-0.25, -0.2) is 9.18 Å². The van der Waals surface area contributed by atoms with E-state index in [-0.39, 0.29) is 17.9 Å². The zero-order valence-corrected chi connectivity index (χ0v) is 19.7. The molecule has 0 saturated heterocycles. The zero-order chi connectivity index (χ0) is 23.7. The molecule has 34 heavy (non-hydrogen) atoms. The molecule has 0 aliphatic carbocycles. The molecule has 7 heteroatoms. The van der Waals surface area contributed by atoms with Gasteiger partial charge < -0.3 is 0 Å². The lowest BCUT2D eigenvalue weighted by atomic mass is 10.0. The first kappa shape index (κ1) is 22.1. The van der Waals surface area contributed by atoms with Crippen LogP contribution < -0.4 is 5.69 Å². The molecule has 0 saturated carbocycles. The molecule has 0 spiro atoms. The number of hydrogen-bond acceptors (Lipinski definition) is 4. The van der Waals surface area contributed by atoms with Gasteiger partial charge in [0.05, 0.1) is 29.5 Å². The molecule has 0 aliphatic heterocycles. The van der Waals surface area contributed by atoms with Crippen LogP contribution >= 0.6 is 11.8 Å². The first-order chi connectivity index (χ1) is 16.5. The minimum Gasteiger partial charge on any atom is -0.293 e. The highest BCUT2D eigenvalue weighted by atomic mass is 32.2. The van der Waals surface area contributed by atoms with Crippen molar-refractivity contribution in [1.82, 2.24) is 19.1 Å². The maximum Gasteiger partial charge on any atom is 0.329 e. The number of rotatable bonds is 6. The molecule has 5 aromatic rings. The highest BCUT2D eigenvalue weighted by molar-refractivity contribution is 7.98. The van der Waals surface area contributed by atoms with E-state index in [4.69, 9.17) is 0 Å². The molecule has 0 N–H and O–H groups in total. The number of aryl methyl sites for hydroxylation is 2. The van der Waals surface area contributed by atoms with Crippen molar-refractivity contribution in [3.8, 4) is 11.1 Å². The molecular formula is C27H23FN4OS. The van der Waals surface area contributed by atoms with Crippen molar-refractivity contribution >= 4 is 22.8 Å². The van der Waals surface area contributed by atoms with Gasteiger partial charge in [-0.15, -0.1) is 11.8 Å². The smallest absolute Gasteiger partial charge is 0.293 e. The lowest BCUT2D eigenvalue weighted by Crippen LogP contribution is -2.23. The van der Waals surface area contributed by atoms with Crippen molar-refractivity contribution in [3.63, 3.8) is 0 Å². The van der Waals surface area contributed by atoms with Crippen LogP contribution in [0.4, 0.5) is 4.39 Å². The van der Waals surface area contributed by atoms with Gasteiger partial charge in [0.15, 0.2) is 0 Å². The summed E-state index contributed by atoms with van der Waals surface area (Å²) < 4.78 is 18.2. The fourth-order valence-electron chi connectivity index (χ4n) is 4.11. The Kier molecular flexibility index (Phi) is 6.02. The number of halogens is 1. The maximum absolute atomic E-state index is 15.1. The van der Waals surface area contributed by atoms with Gasteiger partial charge in [-0.05, 0) is 24.1 Å². The SMILES string of the molecule is Cc1ncc2c(c1-c1ccccc1)n(Cc1ncc(SCc3ccccc3)cc1F)c(=O)n2C. The van der Waals surface area contributed by atoms with Crippen LogP contribution in [0.3, 0.4) is 0 Å². The number of fused-ring (bicyclic) bond motifs is 1. The summed E-state index contributed by atoms with van der Waals surface area (Å²) in [7, 11) is 1.71. The number of pyridine rings is 2. The lowest BCUT2D eigenvalue weighted by Gasteiger charge is -2.11. The molecule has 2 aromatic carbocycles. The summed E-state index contributed by atoms with van der Waals surface area (Å²) in [5.74, 6) is 0.311. The standard InChI is InChI=1S/C27H23FN4OS/c1-18-25(20-11-7-4-8-12-20)26-24(15-29-18)31(2)27(33)32(26)16-23-22(28)13-21(14-30-23)34-17-19-9-5-3-6-10-19/h3-15H,16-17H2,1-2H3. The van der Waals surface area contributed by atoms with Gasteiger partial charge in [0.2, 0.25) is 0 Å². The summed E-state index contributed by atoms with van der Waals surface area (Å²) in [6, 6.07) is 21.3.